The van der Waals surface area contributed by atoms with Gasteiger partial charge in [0.1, 0.15) is 17.7 Å². The fourth-order valence-corrected chi connectivity index (χ4v) is 4.34. The molecular formula is C19H30N4O2. The molecule has 3 aliphatic rings. The molecule has 0 spiro atoms. The van der Waals surface area contributed by atoms with Crippen LogP contribution in [-0.2, 0) is 9.47 Å². The maximum absolute atomic E-state index is 6.07. The molecule has 1 aromatic rings. The zero-order valence-corrected chi connectivity index (χ0v) is 15.2. The first-order valence-corrected chi connectivity index (χ1v) is 9.83. The Morgan fingerprint density at radius 3 is 2.68 bits per heavy atom. The molecule has 2 aliphatic heterocycles. The van der Waals surface area contributed by atoms with Crippen molar-refractivity contribution in [2.24, 2.45) is 0 Å². The normalized spacial score (nSPS) is 26.8. The van der Waals surface area contributed by atoms with Gasteiger partial charge in [-0.25, -0.2) is 9.97 Å². The Labute approximate surface area is 150 Å². The van der Waals surface area contributed by atoms with Crippen molar-refractivity contribution in [3.63, 3.8) is 0 Å². The predicted molar refractivity (Wildman–Crippen MR) is 96.8 cm³/mol. The molecular weight excluding hydrogens is 316 g/mol. The first-order valence-electron chi connectivity index (χ1n) is 9.83. The van der Waals surface area contributed by atoms with Gasteiger partial charge in [-0.1, -0.05) is 12.8 Å². The molecule has 1 aromatic heterocycles. The summed E-state index contributed by atoms with van der Waals surface area (Å²) in [5.41, 5.74) is 1.02. The van der Waals surface area contributed by atoms with Gasteiger partial charge in [0, 0.05) is 44.5 Å². The van der Waals surface area contributed by atoms with Crippen LogP contribution in [0.5, 0.6) is 0 Å². The standard InChI is InChI=1S/C19H30N4O2/c1-14-20-17(12-19(21-14)22-15-4-2-3-5-15)18-13-23(8-11-25-18)16-6-9-24-10-7-16/h12,15-16,18H,2-11,13H2,1H3,(H,20,21,22). The zero-order chi connectivity index (χ0) is 17.1. The van der Waals surface area contributed by atoms with E-state index in [2.05, 4.69) is 26.3 Å². The Morgan fingerprint density at radius 1 is 1.08 bits per heavy atom. The number of nitrogens with one attached hydrogen (secondary N) is 1. The predicted octanol–water partition coefficient (Wildman–Crippen LogP) is 2.69. The minimum Gasteiger partial charge on any atom is -0.381 e. The fourth-order valence-electron chi connectivity index (χ4n) is 4.34. The van der Waals surface area contributed by atoms with Gasteiger partial charge in [0.05, 0.1) is 12.3 Å². The summed E-state index contributed by atoms with van der Waals surface area (Å²) >= 11 is 0. The molecule has 25 heavy (non-hydrogen) atoms. The quantitative estimate of drug-likeness (QED) is 0.904. The van der Waals surface area contributed by atoms with Crippen molar-refractivity contribution in [3.05, 3.63) is 17.6 Å². The van der Waals surface area contributed by atoms with Gasteiger partial charge < -0.3 is 14.8 Å². The van der Waals surface area contributed by atoms with E-state index in [0.717, 1.165) is 63.1 Å². The molecule has 1 N–H and O–H groups in total. The molecule has 1 saturated carbocycles. The molecule has 4 rings (SSSR count). The Balaban J connectivity index is 1.45. The molecule has 1 unspecified atom stereocenters. The van der Waals surface area contributed by atoms with E-state index in [0.29, 0.717) is 12.1 Å². The van der Waals surface area contributed by atoms with E-state index >= 15 is 0 Å². The monoisotopic (exact) mass is 346 g/mol. The molecule has 0 radical (unpaired) electrons. The van der Waals surface area contributed by atoms with Crippen molar-refractivity contribution in [1.82, 2.24) is 14.9 Å². The summed E-state index contributed by atoms with van der Waals surface area (Å²) in [5.74, 6) is 1.78. The molecule has 3 heterocycles. The van der Waals surface area contributed by atoms with Crippen molar-refractivity contribution < 1.29 is 9.47 Å². The third-order valence-corrected chi connectivity index (χ3v) is 5.70. The summed E-state index contributed by atoms with van der Waals surface area (Å²) < 4.78 is 11.6. The molecule has 2 saturated heterocycles. The number of aromatic nitrogens is 2. The lowest BCUT2D eigenvalue weighted by Crippen LogP contribution is -2.47. The van der Waals surface area contributed by atoms with Gasteiger partial charge in [0.15, 0.2) is 0 Å². The third-order valence-electron chi connectivity index (χ3n) is 5.70. The Bertz CT molecular complexity index is 571. The highest BCUT2D eigenvalue weighted by Crippen LogP contribution is 2.27. The van der Waals surface area contributed by atoms with Crippen molar-refractivity contribution in [2.45, 2.75) is 63.6 Å². The highest BCUT2D eigenvalue weighted by molar-refractivity contribution is 5.38. The molecule has 138 valence electrons. The van der Waals surface area contributed by atoms with Crippen LogP contribution in [0.25, 0.3) is 0 Å². The first kappa shape index (κ1) is 17.2. The lowest BCUT2D eigenvalue weighted by molar-refractivity contribution is -0.0647. The van der Waals surface area contributed by atoms with Crippen LogP contribution < -0.4 is 5.32 Å². The number of anilines is 1. The van der Waals surface area contributed by atoms with Gasteiger partial charge in [-0.15, -0.1) is 0 Å². The second kappa shape index (κ2) is 7.98. The smallest absolute Gasteiger partial charge is 0.130 e. The van der Waals surface area contributed by atoms with Crippen molar-refractivity contribution in [2.75, 3.05) is 38.2 Å². The number of ether oxygens (including phenoxy) is 2. The van der Waals surface area contributed by atoms with Crippen molar-refractivity contribution in [1.29, 1.82) is 0 Å². The summed E-state index contributed by atoms with van der Waals surface area (Å²) in [6.07, 6.45) is 7.43. The third kappa shape index (κ3) is 4.30. The van der Waals surface area contributed by atoms with Gasteiger partial charge in [0.25, 0.3) is 0 Å². The van der Waals surface area contributed by atoms with Crippen LogP contribution >= 0.6 is 0 Å². The van der Waals surface area contributed by atoms with Crippen LogP contribution in [0, 0.1) is 6.92 Å². The summed E-state index contributed by atoms with van der Waals surface area (Å²) in [5, 5.41) is 3.60. The summed E-state index contributed by atoms with van der Waals surface area (Å²) in [6, 6.07) is 3.29. The molecule has 1 aliphatic carbocycles. The largest absolute Gasteiger partial charge is 0.381 e. The van der Waals surface area contributed by atoms with E-state index in [4.69, 9.17) is 9.47 Å². The van der Waals surface area contributed by atoms with Crippen LogP contribution in [0.3, 0.4) is 0 Å². The minimum atomic E-state index is 0.0439. The van der Waals surface area contributed by atoms with Gasteiger partial charge in [-0.3, -0.25) is 4.90 Å². The number of hydrogen-bond acceptors (Lipinski definition) is 6. The molecule has 0 amide bonds. The highest BCUT2D eigenvalue weighted by atomic mass is 16.5. The number of nitrogens with zero attached hydrogens (tertiary/aromatic N) is 3. The van der Waals surface area contributed by atoms with E-state index in [1.54, 1.807) is 0 Å². The Kier molecular flexibility index (Phi) is 5.48. The maximum Gasteiger partial charge on any atom is 0.130 e. The van der Waals surface area contributed by atoms with Crippen molar-refractivity contribution in [3.8, 4) is 0 Å². The van der Waals surface area contributed by atoms with Gasteiger partial charge in [0.2, 0.25) is 0 Å². The molecule has 0 aromatic carbocycles. The average molecular weight is 346 g/mol. The number of hydrogen-bond donors (Lipinski definition) is 1. The van der Waals surface area contributed by atoms with Crippen LogP contribution in [0.4, 0.5) is 5.82 Å². The summed E-state index contributed by atoms with van der Waals surface area (Å²) in [7, 11) is 0. The summed E-state index contributed by atoms with van der Waals surface area (Å²) in [6.45, 7) is 6.45. The molecule has 0 bridgehead atoms. The van der Waals surface area contributed by atoms with Crippen LogP contribution in [0.2, 0.25) is 0 Å². The Hall–Kier alpha value is -1.24. The molecule has 1 atom stereocenters. The SMILES string of the molecule is Cc1nc(NC2CCCC2)cc(C2CN(C3CCOCC3)CCO2)n1. The average Bonchev–Trinajstić information content (AvgIpc) is 3.15. The van der Waals surface area contributed by atoms with Crippen LogP contribution in [0.15, 0.2) is 6.07 Å². The van der Waals surface area contributed by atoms with E-state index < -0.39 is 0 Å². The number of morpholine rings is 1. The summed E-state index contributed by atoms with van der Waals surface area (Å²) in [4.78, 5) is 11.8. The van der Waals surface area contributed by atoms with Crippen LogP contribution in [-0.4, -0.2) is 59.9 Å². The number of rotatable bonds is 4. The number of aryl methyl sites for hydroxylation is 1. The Morgan fingerprint density at radius 2 is 1.88 bits per heavy atom. The van der Waals surface area contributed by atoms with Gasteiger partial charge in [-0.2, -0.15) is 0 Å². The van der Waals surface area contributed by atoms with Crippen LogP contribution in [0.1, 0.15) is 56.1 Å². The lowest BCUT2D eigenvalue weighted by Gasteiger charge is -2.39. The highest BCUT2D eigenvalue weighted by Gasteiger charge is 2.29. The minimum absolute atomic E-state index is 0.0439. The van der Waals surface area contributed by atoms with E-state index in [-0.39, 0.29) is 6.10 Å². The van der Waals surface area contributed by atoms with Gasteiger partial charge in [-0.05, 0) is 32.6 Å². The van der Waals surface area contributed by atoms with Gasteiger partial charge >= 0.3 is 0 Å². The molecule has 6 nitrogen and oxygen atoms in total. The second-order valence-corrected chi connectivity index (χ2v) is 7.55. The zero-order valence-electron chi connectivity index (χ0n) is 15.2. The maximum atomic E-state index is 6.07. The topological polar surface area (TPSA) is 59.5 Å². The lowest BCUT2D eigenvalue weighted by atomic mass is 10.0. The first-order chi connectivity index (χ1) is 12.3. The van der Waals surface area contributed by atoms with E-state index in [1.807, 2.05) is 6.92 Å². The molecule has 3 fully saturated rings. The fraction of sp³-hybridized carbons (Fsp3) is 0.789. The van der Waals surface area contributed by atoms with Crippen molar-refractivity contribution >= 4 is 5.82 Å². The molecule has 6 heteroatoms. The second-order valence-electron chi connectivity index (χ2n) is 7.55. The van der Waals surface area contributed by atoms with E-state index in [1.165, 1.54) is 25.7 Å². The van der Waals surface area contributed by atoms with E-state index in [9.17, 15) is 0 Å².